The van der Waals surface area contributed by atoms with Crippen LogP contribution in [0.15, 0.2) is 48.8 Å². The van der Waals surface area contributed by atoms with E-state index in [9.17, 15) is 5.11 Å². The van der Waals surface area contributed by atoms with E-state index in [0.29, 0.717) is 12.1 Å². The monoisotopic (exact) mass is 269 g/mol. The van der Waals surface area contributed by atoms with Gasteiger partial charge in [0.05, 0.1) is 17.1 Å². The van der Waals surface area contributed by atoms with Crippen LogP contribution in [0.25, 0.3) is 5.69 Å². The number of rotatable bonds is 4. The van der Waals surface area contributed by atoms with Crippen molar-refractivity contribution in [2.75, 3.05) is 0 Å². The first-order chi connectivity index (χ1) is 9.72. The molecule has 0 fully saturated rings. The number of aromatic nitrogens is 5. The summed E-state index contributed by atoms with van der Waals surface area (Å²) in [7, 11) is 1.80. The van der Waals surface area contributed by atoms with Crippen molar-refractivity contribution < 1.29 is 5.11 Å². The number of hydrogen-bond acceptors (Lipinski definition) is 4. The highest BCUT2D eigenvalue weighted by Gasteiger charge is 2.14. The normalized spacial score (nSPS) is 12.5. The summed E-state index contributed by atoms with van der Waals surface area (Å²) in [6.07, 6.45) is 3.35. The molecule has 0 saturated carbocycles. The standard InChI is InChI=1S/C14H15N5O/c1-18-10-11(15-17-18)9-14(20)13-7-8-19(16-13)12-5-3-2-4-6-12/h2-8,10,14,20H,9H2,1H3. The third-order valence-corrected chi connectivity index (χ3v) is 3.02. The van der Waals surface area contributed by atoms with Crippen LogP contribution in [0.3, 0.4) is 0 Å². The predicted molar refractivity (Wildman–Crippen MR) is 73.2 cm³/mol. The van der Waals surface area contributed by atoms with E-state index in [1.807, 2.05) is 42.6 Å². The van der Waals surface area contributed by atoms with Crippen molar-refractivity contribution in [1.29, 1.82) is 0 Å². The number of aliphatic hydroxyl groups excluding tert-OH is 1. The Morgan fingerprint density at radius 3 is 2.70 bits per heavy atom. The smallest absolute Gasteiger partial charge is 0.103 e. The maximum absolute atomic E-state index is 10.2. The Bertz CT molecular complexity index is 688. The molecule has 1 aromatic carbocycles. The second kappa shape index (κ2) is 5.26. The van der Waals surface area contributed by atoms with Gasteiger partial charge in [-0.2, -0.15) is 5.10 Å². The molecular formula is C14H15N5O. The first-order valence-electron chi connectivity index (χ1n) is 6.36. The summed E-state index contributed by atoms with van der Waals surface area (Å²) in [6, 6.07) is 11.6. The fourth-order valence-corrected chi connectivity index (χ4v) is 2.03. The Labute approximate surface area is 116 Å². The summed E-state index contributed by atoms with van der Waals surface area (Å²) in [5, 5.41) is 22.4. The molecule has 0 amide bonds. The zero-order valence-corrected chi connectivity index (χ0v) is 11.1. The summed E-state index contributed by atoms with van der Waals surface area (Å²) in [5.41, 5.74) is 2.33. The van der Waals surface area contributed by atoms with Gasteiger partial charge in [0.25, 0.3) is 0 Å². The molecule has 2 heterocycles. The number of hydrogen-bond donors (Lipinski definition) is 1. The second-order valence-electron chi connectivity index (χ2n) is 4.62. The molecule has 1 N–H and O–H groups in total. The van der Waals surface area contributed by atoms with Crippen molar-refractivity contribution in [1.82, 2.24) is 24.8 Å². The first kappa shape index (κ1) is 12.6. The lowest BCUT2D eigenvalue weighted by Gasteiger charge is -2.05. The van der Waals surface area contributed by atoms with Gasteiger partial charge < -0.3 is 5.11 Å². The van der Waals surface area contributed by atoms with Gasteiger partial charge in [-0.3, -0.25) is 4.68 Å². The molecule has 0 spiro atoms. The molecule has 0 bridgehead atoms. The largest absolute Gasteiger partial charge is 0.386 e. The lowest BCUT2D eigenvalue weighted by Crippen LogP contribution is -2.04. The lowest BCUT2D eigenvalue weighted by molar-refractivity contribution is 0.172. The number of aryl methyl sites for hydroxylation is 1. The number of aliphatic hydroxyl groups is 1. The van der Waals surface area contributed by atoms with Crippen LogP contribution >= 0.6 is 0 Å². The minimum Gasteiger partial charge on any atom is -0.386 e. The molecule has 3 aromatic rings. The SMILES string of the molecule is Cn1cc(CC(O)c2ccn(-c3ccccc3)n2)nn1. The highest BCUT2D eigenvalue weighted by molar-refractivity contribution is 5.30. The van der Waals surface area contributed by atoms with Crippen LogP contribution in [0.1, 0.15) is 17.5 Å². The van der Waals surface area contributed by atoms with Crippen molar-refractivity contribution in [3.05, 3.63) is 60.2 Å². The van der Waals surface area contributed by atoms with Crippen LogP contribution in [-0.2, 0) is 13.5 Å². The molecule has 0 saturated heterocycles. The minimum absolute atomic E-state index is 0.402. The Hall–Kier alpha value is -2.47. The van der Waals surface area contributed by atoms with Crippen LogP contribution in [0.2, 0.25) is 0 Å². The van der Waals surface area contributed by atoms with Gasteiger partial charge in [0.1, 0.15) is 6.10 Å². The fraction of sp³-hybridized carbons (Fsp3) is 0.214. The zero-order valence-electron chi connectivity index (χ0n) is 11.1. The minimum atomic E-state index is -0.684. The van der Waals surface area contributed by atoms with Crippen molar-refractivity contribution in [2.45, 2.75) is 12.5 Å². The van der Waals surface area contributed by atoms with Crippen molar-refractivity contribution in [2.24, 2.45) is 7.05 Å². The maximum Gasteiger partial charge on any atom is 0.103 e. The van der Waals surface area contributed by atoms with E-state index >= 15 is 0 Å². The number of nitrogens with zero attached hydrogens (tertiary/aromatic N) is 5. The van der Waals surface area contributed by atoms with E-state index in [1.54, 1.807) is 22.6 Å². The third kappa shape index (κ3) is 2.60. The molecular weight excluding hydrogens is 254 g/mol. The van der Waals surface area contributed by atoms with Crippen LogP contribution in [-0.4, -0.2) is 29.9 Å². The molecule has 0 radical (unpaired) electrons. The fourth-order valence-electron chi connectivity index (χ4n) is 2.03. The molecule has 20 heavy (non-hydrogen) atoms. The molecule has 102 valence electrons. The van der Waals surface area contributed by atoms with Gasteiger partial charge in [0.2, 0.25) is 0 Å². The molecule has 6 nitrogen and oxygen atoms in total. The topological polar surface area (TPSA) is 68.8 Å². The summed E-state index contributed by atoms with van der Waals surface area (Å²) < 4.78 is 3.36. The average Bonchev–Trinajstić information content (AvgIpc) is 3.09. The molecule has 2 aromatic heterocycles. The number of para-hydroxylation sites is 1. The quantitative estimate of drug-likeness (QED) is 0.774. The average molecular weight is 269 g/mol. The van der Waals surface area contributed by atoms with E-state index < -0.39 is 6.10 Å². The van der Waals surface area contributed by atoms with Crippen LogP contribution in [0.5, 0.6) is 0 Å². The van der Waals surface area contributed by atoms with E-state index in [0.717, 1.165) is 11.4 Å². The number of benzene rings is 1. The van der Waals surface area contributed by atoms with Gasteiger partial charge in [-0.05, 0) is 18.2 Å². The molecule has 3 rings (SSSR count). The van der Waals surface area contributed by atoms with E-state index in [2.05, 4.69) is 15.4 Å². The van der Waals surface area contributed by atoms with E-state index in [1.165, 1.54) is 0 Å². The van der Waals surface area contributed by atoms with Crippen molar-refractivity contribution in [3.63, 3.8) is 0 Å². The maximum atomic E-state index is 10.2. The van der Waals surface area contributed by atoms with Crippen LogP contribution < -0.4 is 0 Å². The molecule has 6 heteroatoms. The van der Waals surface area contributed by atoms with Gasteiger partial charge in [0, 0.05) is 25.9 Å². The van der Waals surface area contributed by atoms with Crippen LogP contribution in [0.4, 0.5) is 0 Å². The zero-order chi connectivity index (χ0) is 13.9. The highest BCUT2D eigenvalue weighted by atomic mass is 16.3. The molecule has 0 aliphatic carbocycles. The molecule has 0 aliphatic rings. The summed E-state index contributed by atoms with van der Waals surface area (Å²) in [6.45, 7) is 0. The molecule has 0 aliphatic heterocycles. The highest BCUT2D eigenvalue weighted by Crippen LogP contribution is 2.16. The van der Waals surface area contributed by atoms with Gasteiger partial charge in [-0.15, -0.1) is 5.10 Å². The molecule has 1 unspecified atom stereocenters. The summed E-state index contributed by atoms with van der Waals surface area (Å²) in [4.78, 5) is 0. The molecule has 1 atom stereocenters. The Morgan fingerprint density at radius 1 is 1.20 bits per heavy atom. The van der Waals surface area contributed by atoms with E-state index in [-0.39, 0.29) is 0 Å². The van der Waals surface area contributed by atoms with Gasteiger partial charge in [-0.1, -0.05) is 23.4 Å². The lowest BCUT2D eigenvalue weighted by atomic mass is 10.1. The van der Waals surface area contributed by atoms with Gasteiger partial charge >= 0.3 is 0 Å². The Balaban J connectivity index is 1.76. The Morgan fingerprint density at radius 2 is 2.00 bits per heavy atom. The third-order valence-electron chi connectivity index (χ3n) is 3.02. The van der Waals surface area contributed by atoms with Gasteiger partial charge in [-0.25, -0.2) is 4.68 Å². The second-order valence-corrected chi connectivity index (χ2v) is 4.62. The van der Waals surface area contributed by atoms with Crippen LogP contribution in [0, 0.1) is 0 Å². The van der Waals surface area contributed by atoms with Gasteiger partial charge in [0.15, 0.2) is 0 Å². The van der Waals surface area contributed by atoms with Crippen molar-refractivity contribution >= 4 is 0 Å². The first-order valence-corrected chi connectivity index (χ1v) is 6.36. The Kier molecular flexibility index (Phi) is 3.30. The van der Waals surface area contributed by atoms with E-state index in [4.69, 9.17) is 0 Å². The van der Waals surface area contributed by atoms with Crippen molar-refractivity contribution in [3.8, 4) is 5.69 Å². The predicted octanol–water partition coefficient (Wildman–Crippen LogP) is 1.28. The summed E-state index contributed by atoms with van der Waals surface area (Å²) >= 11 is 0. The summed E-state index contributed by atoms with van der Waals surface area (Å²) in [5.74, 6) is 0.